The predicted octanol–water partition coefficient (Wildman–Crippen LogP) is 4.77. The van der Waals surface area contributed by atoms with Gasteiger partial charge in [-0.1, -0.05) is 13.8 Å². The van der Waals surface area contributed by atoms with E-state index >= 15 is 0 Å². The molecule has 0 atom stereocenters. The van der Waals surface area contributed by atoms with E-state index in [1.807, 2.05) is 13.8 Å². The van der Waals surface area contributed by atoms with E-state index in [-0.39, 0.29) is 5.91 Å². The van der Waals surface area contributed by atoms with Gasteiger partial charge in [0.2, 0.25) is 0 Å². The molecule has 1 aromatic carbocycles. The van der Waals surface area contributed by atoms with Crippen LogP contribution in [0.4, 0.5) is 14.9 Å². The molecule has 2 amide bonds. The lowest BCUT2D eigenvalue weighted by molar-refractivity contribution is -0.110. The third kappa shape index (κ3) is 4.99. The Kier molecular flexibility index (Phi) is 7.18. The van der Waals surface area contributed by atoms with Gasteiger partial charge in [-0.25, -0.2) is 4.39 Å². The smallest absolute Gasteiger partial charge is 0.316 e. The number of carbonyl (C=O) groups excluding carboxylic acids is 2. The van der Waals surface area contributed by atoms with Gasteiger partial charge in [0.05, 0.1) is 5.57 Å². The number of amides is 2. The third-order valence-electron chi connectivity index (χ3n) is 5.86. The quantitative estimate of drug-likeness (QED) is 0.349. The monoisotopic (exact) mass is 446 g/mol. The van der Waals surface area contributed by atoms with Gasteiger partial charge in [-0.05, 0) is 73.9 Å². The molecule has 0 aliphatic carbocycles. The molecule has 1 aromatic heterocycles. The number of aromatic amines is 1. The molecule has 0 saturated carbocycles. The number of benzene rings is 1. The molecule has 31 heavy (non-hydrogen) atoms. The van der Waals surface area contributed by atoms with Crippen molar-refractivity contribution in [2.75, 3.05) is 31.5 Å². The standard InChI is InChI=1S/C23H28ClFN4O2/c1-5-28(6-2)9-10-29(23(24)31)13-19-14(3)21(26-15(19)4)12-18-17-11-16(25)7-8-20(17)27-22(18)30/h7-8,11-12,26H,5-6,9-10,13H2,1-4H3,(H,27,30). The Hall–Kier alpha value is -2.64. The highest BCUT2D eigenvalue weighted by Crippen LogP contribution is 2.34. The number of hydrogen-bond donors (Lipinski definition) is 2. The molecule has 0 radical (unpaired) electrons. The van der Waals surface area contributed by atoms with Crippen molar-refractivity contribution in [1.29, 1.82) is 0 Å². The van der Waals surface area contributed by atoms with Gasteiger partial charge >= 0.3 is 5.37 Å². The van der Waals surface area contributed by atoms with Crippen LogP contribution in [0.3, 0.4) is 0 Å². The topological polar surface area (TPSA) is 68.4 Å². The molecular formula is C23H28ClFN4O2. The van der Waals surface area contributed by atoms with Crippen LogP contribution in [0.25, 0.3) is 11.6 Å². The molecule has 6 nitrogen and oxygen atoms in total. The first-order chi connectivity index (χ1) is 14.7. The van der Waals surface area contributed by atoms with Gasteiger partial charge < -0.3 is 20.1 Å². The van der Waals surface area contributed by atoms with Gasteiger partial charge in [0, 0.05) is 42.3 Å². The average molecular weight is 447 g/mol. The summed E-state index contributed by atoms with van der Waals surface area (Å²) >= 11 is 5.86. The normalized spacial score (nSPS) is 14.3. The van der Waals surface area contributed by atoms with Crippen LogP contribution in [0, 0.1) is 19.7 Å². The minimum absolute atomic E-state index is 0.273. The highest BCUT2D eigenvalue weighted by atomic mass is 35.5. The van der Waals surface area contributed by atoms with E-state index in [4.69, 9.17) is 11.6 Å². The molecule has 1 aliphatic heterocycles. The molecule has 0 spiro atoms. The largest absolute Gasteiger partial charge is 0.359 e. The van der Waals surface area contributed by atoms with E-state index in [1.165, 1.54) is 12.1 Å². The van der Waals surface area contributed by atoms with E-state index in [9.17, 15) is 14.0 Å². The molecule has 0 saturated heterocycles. The van der Waals surface area contributed by atoms with Crippen molar-refractivity contribution in [3.05, 3.63) is 52.1 Å². The molecular weight excluding hydrogens is 419 g/mol. The van der Waals surface area contributed by atoms with E-state index in [2.05, 4.69) is 29.0 Å². The van der Waals surface area contributed by atoms with E-state index < -0.39 is 11.2 Å². The number of carbonyl (C=O) groups is 2. The lowest BCUT2D eigenvalue weighted by atomic mass is 10.0. The molecule has 8 heteroatoms. The van der Waals surface area contributed by atoms with Crippen LogP contribution in [-0.2, 0) is 11.3 Å². The lowest BCUT2D eigenvalue weighted by Crippen LogP contribution is -2.36. The van der Waals surface area contributed by atoms with Crippen molar-refractivity contribution < 1.29 is 14.0 Å². The fourth-order valence-electron chi connectivity index (χ4n) is 3.87. The van der Waals surface area contributed by atoms with E-state index in [0.29, 0.717) is 29.9 Å². The molecule has 2 heterocycles. The number of likely N-dealkylation sites (N-methyl/N-ethyl adjacent to an activating group) is 1. The molecule has 2 N–H and O–H groups in total. The molecule has 0 bridgehead atoms. The summed E-state index contributed by atoms with van der Waals surface area (Å²) in [5.41, 5.74) is 5.06. The number of anilines is 1. The second-order valence-corrected chi connectivity index (χ2v) is 7.99. The van der Waals surface area contributed by atoms with Gasteiger partial charge in [-0.15, -0.1) is 0 Å². The molecule has 2 aromatic rings. The van der Waals surface area contributed by atoms with Crippen LogP contribution in [0.2, 0.25) is 0 Å². The van der Waals surface area contributed by atoms with Gasteiger partial charge in [-0.3, -0.25) is 9.59 Å². The molecule has 0 fully saturated rings. The number of halogens is 2. The van der Waals surface area contributed by atoms with Crippen molar-refractivity contribution in [3.63, 3.8) is 0 Å². The summed E-state index contributed by atoms with van der Waals surface area (Å²) in [6.45, 7) is 11.5. The number of nitrogens with one attached hydrogen (secondary N) is 2. The SMILES string of the molecule is CCN(CC)CCN(Cc1c(C)[nH]c(C=C2C(=O)Nc3ccc(F)cc32)c1C)C(=O)Cl. The van der Waals surface area contributed by atoms with Crippen LogP contribution in [0.1, 0.15) is 41.9 Å². The van der Waals surface area contributed by atoms with Gasteiger partial charge in [0.1, 0.15) is 5.82 Å². The summed E-state index contributed by atoms with van der Waals surface area (Å²) < 4.78 is 13.7. The first kappa shape index (κ1) is 23.0. The summed E-state index contributed by atoms with van der Waals surface area (Å²) in [7, 11) is 0. The third-order valence-corrected chi connectivity index (χ3v) is 6.10. The van der Waals surface area contributed by atoms with Crippen molar-refractivity contribution in [3.8, 4) is 0 Å². The number of aromatic nitrogens is 1. The zero-order chi connectivity index (χ0) is 22.7. The number of H-pyrrole nitrogens is 1. The van der Waals surface area contributed by atoms with Crippen LogP contribution >= 0.6 is 11.6 Å². The summed E-state index contributed by atoms with van der Waals surface area (Å²) in [5, 5.41) is 2.26. The Balaban J connectivity index is 1.87. The van der Waals surface area contributed by atoms with Crippen molar-refractivity contribution in [2.24, 2.45) is 0 Å². The minimum atomic E-state index is -0.494. The number of fused-ring (bicyclic) bond motifs is 1. The van der Waals surface area contributed by atoms with Gasteiger partial charge in [0.25, 0.3) is 5.91 Å². The molecule has 0 unspecified atom stereocenters. The highest BCUT2D eigenvalue weighted by Gasteiger charge is 2.26. The van der Waals surface area contributed by atoms with Gasteiger partial charge in [0.15, 0.2) is 0 Å². The number of rotatable bonds is 8. The summed E-state index contributed by atoms with van der Waals surface area (Å²) in [6, 6.07) is 4.23. The maximum atomic E-state index is 13.7. The molecule has 166 valence electrons. The Morgan fingerprint density at radius 2 is 1.90 bits per heavy atom. The van der Waals surface area contributed by atoms with Crippen LogP contribution < -0.4 is 5.32 Å². The van der Waals surface area contributed by atoms with Crippen LogP contribution in [0.15, 0.2) is 18.2 Å². The Labute approximate surface area is 187 Å². The minimum Gasteiger partial charge on any atom is -0.359 e. The summed E-state index contributed by atoms with van der Waals surface area (Å²) in [4.78, 5) is 31.6. The molecule has 3 rings (SSSR count). The first-order valence-corrected chi connectivity index (χ1v) is 10.8. The fourth-order valence-corrected chi connectivity index (χ4v) is 4.01. The maximum absolute atomic E-state index is 13.7. The summed E-state index contributed by atoms with van der Waals surface area (Å²) in [5.74, 6) is -0.670. The second kappa shape index (κ2) is 9.66. The van der Waals surface area contributed by atoms with Crippen molar-refractivity contribution in [2.45, 2.75) is 34.2 Å². The molecule has 1 aliphatic rings. The first-order valence-electron chi connectivity index (χ1n) is 10.4. The summed E-state index contributed by atoms with van der Waals surface area (Å²) in [6.07, 6.45) is 1.73. The average Bonchev–Trinajstić information content (AvgIpc) is 3.17. The number of hydrogen-bond acceptors (Lipinski definition) is 3. The predicted molar refractivity (Wildman–Crippen MR) is 123 cm³/mol. The zero-order valence-corrected chi connectivity index (χ0v) is 19.1. The van der Waals surface area contributed by atoms with Crippen LogP contribution in [0.5, 0.6) is 0 Å². The number of nitrogens with zero attached hydrogens (tertiary/aromatic N) is 2. The fraction of sp³-hybridized carbons (Fsp3) is 0.391. The van der Waals surface area contributed by atoms with Crippen molar-refractivity contribution >= 4 is 40.2 Å². The number of aryl methyl sites for hydroxylation is 1. The van der Waals surface area contributed by atoms with E-state index in [0.717, 1.165) is 42.1 Å². The lowest BCUT2D eigenvalue weighted by Gasteiger charge is -2.25. The Morgan fingerprint density at radius 1 is 1.19 bits per heavy atom. The van der Waals surface area contributed by atoms with Crippen molar-refractivity contribution in [1.82, 2.24) is 14.8 Å². The zero-order valence-electron chi connectivity index (χ0n) is 18.3. The van der Waals surface area contributed by atoms with E-state index in [1.54, 1.807) is 17.0 Å². The highest BCUT2D eigenvalue weighted by molar-refractivity contribution is 6.62. The maximum Gasteiger partial charge on any atom is 0.316 e. The Morgan fingerprint density at radius 3 is 2.55 bits per heavy atom. The second-order valence-electron chi connectivity index (χ2n) is 7.67. The Bertz CT molecular complexity index is 1030. The van der Waals surface area contributed by atoms with Gasteiger partial charge in [-0.2, -0.15) is 0 Å². The van der Waals surface area contributed by atoms with Crippen LogP contribution in [-0.4, -0.2) is 52.2 Å².